The number of methoxy groups -OCH3 is 2. The van der Waals surface area contributed by atoms with E-state index >= 15 is 0 Å². The summed E-state index contributed by atoms with van der Waals surface area (Å²) < 4.78 is 23.1. The number of hydrogen-bond acceptors (Lipinski definition) is 3. The zero-order chi connectivity index (χ0) is 9.14. The summed E-state index contributed by atoms with van der Waals surface area (Å²) >= 11 is 0. The van der Waals surface area contributed by atoms with Crippen LogP contribution in [0.25, 0.3) is 0 Å². The highest BCUT2D eigenvalue weighted by atomic mass is 16.6. The molecule has 0 N–H and O–H groups in total. The Bertz CT molecular complexity index is 142. The predicted octanol–water partition coefficient (Wildman–Crippen LogP) is 0.825. The maximum Gasteiger partial charge on any atom is 0.109 e. The van der Waals surface area contributed by atoms with E-state index < -0.39 is 6.58 Å². The van der Waals surface area contributed by atoms with Gasteiger partial charge in [0.15, 0.2) is 0 Å². The van der Waals surface area contributed by atoms with E-state index in [1.54, 1.807) is 14.2 Å². The highest BCUT2D eigenvalue weighted by Crippen LogP contribution is 2.20. The van der Waals surface area contributed by atoms with Crippen LogP contribution in [0.15, 0.2) is 0 Å². The van der Waals surface area contributed by atoms with Gasteiger partial charge in [-0.3, -0.25) is 0 Å². The molecule has 0 saturated carbocycles. The Labute approximate surface area is 69.0 Å². The summed E-state index contributed by atoms with van der Waals surface area (Å²) in [6.07, 6.45) is 0.532. The fourth-order valence-corrected chi connectivity index (χ4v) is 1.26. The molecule has 1 saturated heterocycles. The van der Waals surface area contributed by atoms with Crippen LogP contribution in [0.2, 0.25) is 0 Å². The van der Waals surface area contributed by atoms with Crippen LogP contribution < -0.4 is 0 Å². The van der Waals surface area contributed by atoms with E-state index in [9.17, 15) is 0 Å². The molecule has 0 bridgehead atoms. The third-order valence-corrected chi connectivity index (χ3v) is 2.09. The highest BCUT2D eigenvalue weighted by Gasteiger charge is 2.32. The Morgan fingerprint density at radius 2 is 2.36 bits per heavy atom. The minimum absolute atomic E-state index is 0.00227. The molecule has 0 aromatic heterocycles. The van der Waals surface area contributed by atoms with Gasteiger partial charge in [-0.2, -0.15) is 0 Å². The topological polar surface area (TPSA) is 27.7 Å². The summed E-state index contributed by atoms with van der Waals surface area (Å²) in [7, 11) is 3.28. The standard InChI is InChI=1S/C8H16O3/c1-6(9-2)8-7(10-3)4-5-11-8/h6-8H,4-5H2,1-3H3/t6-,7+,8?/m1/s1/i5T/t5-,6+,7-,8?/m0. The van der Waals surface area contributed by atoms with Gasteiger partial charge in [0.2, 0.25) is 0 Å². The quantitative estimate of drug-likeness (QED) is 0.615. The fourth-order valence-electron chi connectivity index (χ4n) is 1.26. The molecular weight excluding hydrogens is 144 g/mol. The largest absolute Gasteiger partial charge is 0.379 e. The first-order valence-corrected chi connectivity index (χ1v) is 3.82. The Balaban J connectivity index is 2.51. The molecule has 4 atom stereocenters. The van der Waals surface area contributed by atoms with E-state index in [4.69, 9.17) is 15.6 Å². The first-order valence-electron chi connectivity index (χ1n) is 4.40. The van der Waals surface area contributed by atoms with Crippen LogP contribution in [0.4, 0.5) is 0 Å². The molecule has 0 radical (unpaired) electrons. The molecule has 1 aliphatic heterocycles. The van der Waals surface area contributed by atoms with Gasteiger partial charge < -0.3 is 14.2 Å². The Kier molecular flexibility index (Phi) is 2.77. The molecule has 0 aromatic rings. The maximum absolute atomic E-state index is 7.41. The van der Waals surface area contributed by atoms with Crippen molar-refractivity contribution in [1.29, 1.82) is 0 Å². The summed E-state index contributed by atoms with van der Waals surface area (Å²) in [5, 5.41) is 0. The number of rotatable bonds is 3. The molecule has 1 fully saturated rings. The summed E-state index contributed by atoms with van der Waals surface area (Å²) in [5.74, 6) is 0. The Morgan fingerprint density at radius 3 is 2.91 bits per heavy atom. The Morgan fingerprint density at radius 1 is 1.64 bits per heavy atom. The molecule has 3 heteroatoms. The van der Waals surface area contributed by atoms with Crippen LogP contribution >= 0.6 is 0 Å². The van der Waals surface area contributed by atoms with E-state index in [1.807, 2.05) is 6.92 Å². The van der Waals surface area contributed by atoms with Crippen molar-refractivity contribution in [1.82, 2.24) is 0 Å². The van der Waals surface area contributed by atoms with Gasteiger partial charge in [0, 0.05) is 20.8 Å². The van der Waals surface area contributed by atoms with Crippen molar-refractivity contribution in [2.24, 2.45) is 0 Å². The van der Waals surface area contributed by atoms with Gasteiger partial charge in [-0.1, -0.05) is 0 Å². The Hall–Kier alpha value is -0.120. The number of ether oxygens (including phenoxy) is 3. The van der Waals surface area contributed by atoms with E-state index in [0.29, 0.717) is 6.42 Å². The first-order chi connectivity index (χ1) is 5.69. The van der Waals surface area contributed by atoms with E-state index in [-0.39, 0.29) is 18.3 Å². The average Bonchev–Trinajstić information content (AvgIpc) is 2.45. The minimum Gasteiger partial charge on any atom is -0.379 e. The summed E-state index contributed by atoms with van der Waals surface area (Å²) in [5.41, 5.74) is 0. The maximum atomic E-state index is 7.41. The molecule has 1 rings (SSSR count). The summed E-state index contributed by atoms with van der Waals surface area (Å²) in [4.78, 5) is 0. The second-order valence-electron chi connectivity index (χ2n) is 2.72. The molecule has 3 nitrogen and oxygen atoms in total. The van der Waals surface area contributed by atoms with Gasteiger partial charge in [-0.15, -0.1) is 0 Å². The van der Waals surface area contributed by atoms with Crippen molar-refractivity contribution in [3.63, 3.8) is 0 Å². The van der Waals surface area contributed by atoms with Crippen molar-refractivity contribution in [2.45, 2.75) is 31.7 Å². The molecule has 0 aliphatic carbocycles. The van der Waals surface area contributed by atoms with Crippen molar-refractivity contribution in [2.75, 3.05) is 20.8 Å². The zero-order valence-electron chi connectivity index (χ0n) is 8.24. The molecular formula is C8H16O3. The van der Waals surface area contributed by atoms with Crippen molar-refractivity contribution in [3.8, 4) is 0 Å². The van der Waals surface area contributed by atoms with Crippen LogP contribution in [0.1, 0.15) is 14.7 Å². The molecule has 1 unspecified atom stereocenters. The molecule has 1 heterocycles. The lowest BCUT2D eigenvalue weighted by Crippen LogP contribution is -2.34. The number of hydrogen-bond donors (Lipinski definition) is 0. The van der Waals surface area contributed by atoms with Gasteiger partial charge in [-0.05, 0) is 13.3 Å². The van der Waals surface area contributed by atoms with E-state index in [0.717, 1.165) is 0 Å². The summed E-state index contributed by atoms with van der Waals surface area (Å²) in [6.45, 7) is 1.46. The van der Waals surface area contributed by atoms with E-state index in [1.165, 1.54) is 0 Å². The lowest BCUT2D eigenvalue weighted by molar-refractivity contribution is -0.0659. The lowest BCUT2D eigenvalue weighted by atomic mass is 10.1. The third kappa shape index (κ3) is 1.92. The second kappa shape index (κ2) is 4.04. The predicted molar refractivity (Wildman–Crippen MR) is 41.6 cm³/mol. The first kappa shape index (κ1) is 7.53. The molecule has 0 aromatic carbocycles. The van der Waals surface area contributed by atoms with Crippen LogP contribution in [-0.2, 0) is 14.2 Å². The third-order valence-electron chi connectivity index (χ3n) is 2.09. The highest BCUT2D eigenvalue weighted by molar-refractivity contribution is 4.81. The molecule has 0 amide bonds. The fraction of sp³-hybridized carbons (Fsp3) is 1.00. The van der Waals surface area contributed by atoms with Crippen LogP contribution in [0.3, 0.4) is 0 Å². The van der Waals surface area contributed by atoms with Crippen LogP contribution in [-0.4, -0.2) is 39.1 Å². The van der Waals surface area contributed by atoms with Crippen molar-refractivity contribution < 1.29 is 15.6 Å². The SMILES string of the molecule is [3H][C@H]1C[C@H](OC)C([C@@H](C)OC)O1. The van der Waals surface area contributed by atoms with Crippen LogP contribution in [0.5, 0.6) is 0 Å². The van der Waals surface area contributed by atoms with E-state index in [2.05, 4.69) is 0 Å². The molecule has 0 spiro atoms. The van der Waals surface area contributed by atoms with Crippen LogP contribution in [0, 0.1) is 0 Å². The molecule has 1 aliphatic rings. The van der Waals surface area contributed by atoms with Gasteiger partial charge in [-0.25, -0.2) is 0 Å². The van der Waals surface area contributed by atoms with Gasteiger partial charge in [0.1, 0.15) is 6.10 Å². The minimum atomic E-state index is -0.461. The monoisotopic (exact) mass is 162 g/mol. The zero-order valence-corrected chi connectivity index (χ0v) is 7.24. The van der Waals surface area contributed by atoms with Gasteiger partial charge in [0.25, 0.3) is 0 Å². The smallest absolute Gasteiger partial charge is 0.109 e. The average molecular weight is 162 g/mol. The van der Waals surface area contributed by atoms with Crippen molar-refractivity contribution >= 4 is 0 Å². The van der Waals surface area contributed by atoms with Gasteiger partial charge >= 0.3 is 0 Å². The normalized spacial score (nSPS) is 42.1. The summed E-state index contributed by atoms with van der Waals surface area (Å²) in [6, 6.07) is 0. The van der Waals surface area contributed by atoms with Gasteiger partial charge in [0.05, 0.1) is 13.6 Å². The molecule has 11 heavy (non-hydrogen) atoms. The van der Waals surface area contributed by atoms with Crippen molar-refractivity contribution in [3.05, 3.63) is 0 Å². The second-order valence-corrected chi connectivity index (χ2v) is 2.72. The molecule has 66 valence electrons. The lowest BCUT2D eigenvalue weighted by Gasteiger charge is -2.22.